The van der Waals surface area contributed by atoms with Crippen LogP contribution in [0, 0.1) is 5.82 Å². The summed E-state index contributed by atoms with van der Waals surface area (Å²) in [5.74, 6) is 0.251. The molecule has 1 saturated heterocycles. The number of aliphatic hydroxyl groups excluding tert-OH is 1. The van der Waals surface area contributed by atoms with Crippen LogP contribution in [0.25, 0.3) is 28.3 Å². The fraction of sp³-hybridized carbons (Fsp3) is 0.318. The van der Waals surface area contributed by atoms with E-state index in [1.54, 1.807) is 29.8 Å². The maximum Gasteiger partial charge on any atom is 0.156 e. The van der Waals surface area contributed by atoms with Gasteiger partial charge in [0.15, 0.2) is 5.65 Å². The Morgan fingerprint density at radius 2 is 1.94 bits per heavy atom. The van der Waals surface area contributed by atoms with Crippen molar-refractivity contribution in [3.05, 3.63) is 54.7 Å². The van der Waals surface area contributed by atoms with Crippen LogP contribution in [0.2, 0.25) is 0 Å². The van der Waals surface area contributed by atoms with E-state index in [-0.39, 0.29) is 11.9 Å². The first-order valence-corrected chi connectivity index (χ1v) is 10.3. The van der Waals surface area contributed by atoms with Gasteiger partial charge in [-0.05, 0) is 56.2 Å². The van der Waals surface area contributed by atoms with Crippen molar-refractivity contribution in [2.24, 2.45) is 0 Å². The molecule has 3 aromatic heterocycles. The van der Waals surface area contributed by atoms with E-state index in [9.17, 15) is 9.50 Å². The number of nitrogens with zero attached hydrogens (tertiary/aromatic N) is 5. The Morgan fingerprint density at radius 1 is 1.16 bits per heavy atom. The van der Waals surface area contributed by atoms with Gasteiger partial charge in [-0.15, -0.1) is 0 Å². The van der Waals surface area contributed by atoms with Gasteiger partial charge in [0.05, 0.1) is 23.9 Å². The molecule has 2 N–H and O–H groups in total. The number of rotatable bonds is 5. The maximum atomic E-state index is 13.5. The van der Waals surface area contributed by atoms with E-state index in [1.807, 2.05) is 18.5 Å². The number of halogens is 1. The third-order valence-corrected chi connectivity index (χ3v) is 5.42. The third-order valence-electron chi connectivity index (χ3n) is 5.42. The van der Waals surface area contributed by atoms with Crippen molar-refractivity contribution >= 4 is 11.5 Å². The summed E-state index contributed by atoms with van der Waals surface area (Å²) in [7, 11) is 0. The van der Waals surface area contributed by atoms with Crippen molar-refractivity contribution in [2.75, 3.05) is 18.5 Å². The molecule has 1 aliphatic rings. The van der Waals surface area contributed by atoms with Crippen molar-refractivity contribution in [2.45, 2.75) is 32.0 Å². The van der Waals surface area contributed by atoms with E-state index in [0.29, 0.717) is 24.7 Å². The molecule has 1 aliphatic heterocycles. The predicted molar refractivity (Wildman–Crippen MR) is 114 cm³/mol. The summed E-state index contributed by atoms with van der Waals surface area (Å²) in [5, 5.41) is 17.2. The van der Waals surface area contributed by atoms with Crippen LogP contribution in [-0.2, 0) is 4.74 Å². The minimum Gasteiger partial charge on any atom is -0.381 e. The van der Waals surface area contributed by atoms with Crippen molar-refractivity contribution < 1.29 is 14.2 Å². The Bertz CT molecular complexity index is 1190. The summed E-state index contributed by atoms with van der Waals surface area (Å²) in [6.07, 6.45) is 4.64. The van der Waals surface area contributed by atoms with Crippen molar-refractivity contribution in [3.63, 3.8) is 0 Å². The summed E-state index contributed by atoms with van der Waals surface area (Å²) in [6, 6.07) is 10.4. The van der Waals surface area contributed by atoms with Crippen molar-refractivity contribution in [1.29, 1.82) is 0 Å². The number of aromatic nitrogens is 5. The molecule has 1 atom stereocenters. The minimum atomic E-state index is -0.718. The van der Waals surface area contributed by atoms with Gasteiger partial charge in [-0.2, -0.15) is 5.10 Å². The van der Waals surface area contributed by atoms with Crippen LogP contribution in [0.5, 0.6) is 0 Å². The zero-order valence-corrected chi connectivity index (χ0v) is 17.1. The molecule has 0 radical (unpaired) electrons. The highest BCUT2D eigenvalue weighted by molar-refractivity contribution is 5.77. The molecule has 0 amide bonds. The van der Waals surface area contributed by atoms with E-state index in [2.05, 4.69) is 19.9 Å². The topological polar surface area (TPSA) is 89.5 Å². The Kier molecular flexibility index (Phi) is 5.13. The van der Waals surface area contributed by atoms with Gasteiger partial charge in [0, 0.05) is 24.8 Å². The third kappa shape index (κ3) is 3.89. The summed E-state index contributed by atoms with van der Waals surface area (Å²) in [5.41, 5.74) is 3.84. The molecule has 160 valence electrons. The molecular formula is C22H23FN6O2. The summed E-state index contributed by atoms with van der Waals surface area (Å²) < 4.78 is 22.9. The lowest BCUT2D eigenvalue weighted by atomic mass is 10.1. The Labute approximate surface area is 178 Å². The number of hydrogen-bond acceptors (Lipinski definition) is 6. The van der Waals surface area contributed by atoms with Gasteiger partial charge < -0.3 is 19.7 Å². The van der Waals surface area contributed by atoms with Crippen LogP contribution in [0.3, 0.4) is 0 Å². The maximum absolute atomic E-state index is 13.5. The summed E-state index contributed by atoms with van der Waals surface area (Å²) >= 11 is 0. The number of hydrogen-bond donors (Lipinski definition) is 2. The molecule has 1 unspecified atom stereocenters. The van der Waals surface area contributed by atoms with Crippen LogP contribution < -0.4 is 5.32 Å². The van der Waals surface area contributed by atoms with Gasteiger partial charge in [-0.25, -0.2) is 18.9 Å². The fourth-order valence-electron chi connectivity index (χ4n) is 3.97. The summed E-state index contributed by atoms with van der Waals surface area (Å²) in [6.45, 7) is 3.04. The minimum absolute atomic E-state index is 0.248. The van der Waals surface area contributed by atoms with Gasteiger partial charge in [0.1, 0.15) is 23.6 Å². The number of imidazole rings is 2. The van der Waals surface area contributed by atoms with Crippen LogP contribution in [0.4, 0.5) is 10.2 Å². The first-order chi connectivity index (χ1) is 15.1. The van der Waals surface area contributed by atoms with Gasteiger partial charge >= 0.3 is 0 Å². The largest absolute Gasteiger partial charge is 0.381 e. The summed E-state index contributed by atoms with van der Waals surface area (Å²) in [4.78, 5) is 9.11. The second-order valence-corrected chi connectivity index (χ2v) is 7.67. The zero-order chi connectivity index (χ0) is 21.4. The van der Waals surface area contributed by atoms with Gasteiger partial charge in [0.25, 0.3) is 0 Å². The molecule has 31 heavy (non-hydrogen) atoms. The van der Waals surface area contributed by atoms with Crippen LogP contribution >= 0.6 is 0 Å². The average molecular weight is 422 g/mol. The van der Waals surface area contributed by atoms with E-state index in [0.717, 1.165) is 35.5 Å². The lowest BCUT2D eigenvalue weighted by Crippen LogP contribution is -2.20. The normalized spacial score (nSPS) is 16.0. The molecule has 4 aromatic rings. The van der Waals surface area contributed by atoms with Crippen molar-refractivity contribution in [3.8, 4) is 22.6 Å². The number of ether oxygens (including phenoxy) is 1. The lowest BCUT2D eigenvalue weighted by Gasteiger charge is -2.25. The highest BCUT2D eigenvalue weighted by Crippen LogP contribution is 2.35. The van der Waals surface area contributed by atoms with Gasteiger partial charge in [-0.1, -0.05) is 0 Å². The Hall–Kier alpha value is -3.30. The highest BCUT2D eigenvalue weighted by Gasteiger charge is 2.24. The van der Waals surface area contributed by atoms with E-state index >= 15 is 0 Å². The van der Waals surface area contributed by atoms with Gasteiger partial charge in [0.2, 0.25) is 0 Å². The molecule has 5 rings (SSSR count). The van der Waals surface area contributed by atoms with Crippen LogP contribution in [0.15, 0.2) is 48.9 Å². The highest BCUT2D eigenvalue weighted by atomic mass is 19.1. The Morgan fingerprint density at radius 3 is 2.68 bits per heavy atom. The van der Waals surface area contributed by atoms with E-state index < -0.39 is 6.23 Å². The second kappa shape index (κ2) is 8.09. The molecule has 0 bridgehead atoms. The van der Waals surface area contributed by atoms with E-state index in [4.69, 9.17) is 9.84 Å². The molecule has 8 nitrogen and oxygen atoms in total. The molecule has 0 spiro atoms. The second-order valence-electron chi connectivity index (χ2n) is 7.67. The fourth-order valence-corrected chi connectivity index (χ4v) is 3.97. The quantitative estimate of drug-likeness (QED) is 0.479. The average Bonchev–Trinajstić information content (AvgIpc) is 3.37. The standard InChI is InChI=1S/C22H23FN6O2/c1-14(30)25-19-12-29-20(26-19)7-6-18(27-29)22-21(15-2-4-16(23)5-3-15)24-13-28(22)17-8-10-31-11-9-17/h2-7,12-14,17,25,30H,8-11H2,1H3. The van der Waals surface area contributed by atoms with Crippen LogP contribution in [0.1, 0.15) is 25.8 Å². The molecule has 1 aromatic carbocycles. The predicted octanol–water partition coefficient (Wildman–Crippen LogP) is 3.50. The van der Waals surface area contributed by atoms with E-state index in [1.165, 1.54) is 12.1 Å². The molecule has 4 heterocycles. The number of nitrogens with one attached hydrogen (secondary N) is 1. The van der Waals surface area contributed by atoms with Crippen molar-refractivity contribution in [1.82, 2.24) is 24.1 Å². The first-order valence-electron chi connectivity index (χ1n) is 10.3. The number of benzene rings is 1. The zero-order valence-electron chi connectivity index (χ0n) is 17.1. The molecule has 9 heteroatoms. The number of aliphatic hydroxyl groups is 1. The lowest BCUT2D eigenvalue weighted by molar-refractivity contribution is 0.0699. The number of anilines is 1. The van der Waals surface area contributed by atoms with Gasteiger partial charge in [-0.3, -0.25) is 0 Å². The first kappa shape index (κ1) is 19.7. The smallest absolute Gasteiger partial charge is 0.156 e. The number of fused-ring (bicyclic) bond motifs is 1. The molecule has 0 aliphatic carbocycles. The Balaban J connectivity index is 1.63. The van der Waals surface area contributed by atoms with Crippen LogP contribution in [-0.4, -0.2) is 48.7 Å². The SMILES string of the molecule is CC(O)Nc1cn2nc(-c3c(-c4ccc(F)cc4)ncn3C3CCOCC3)ccc2n1. The molecule has 1 fully saturated rings. The monoisotopic (exact) mass is 422 g/mol. The molecule has 0 saturated carbocycles. The molecular weight excluding hydrogens is 399 g/mol.